The lowest BCUT2D eigenvalue weighted by Crippen LogP contribution is -2.23. The third-order valence-corrected chi connectivity index (χ3v) is 5.11. The van der Waals surface area contributed by atoms with Gasteiger partial charge in [-0.1, -0.05) is 31.2 Å². The molecule has 0 fully saturated rings. The van der Waals surface area contributed by atoms with Crippen LogP contribution in [-0.2, 0) is 22.6 Å². The van der Waals surface area contributed by atoms with Gasteiger partial charge in [0.05, 0.1) is 28.6 Å². The number of hydrogen-bond donors (Lipinski definition) is 0. The van der Waals surface area contributed by atoms with Crippen molar-refractivity contribution < 1.29 is 14.3 Å². The van der Waals surface area contributed by atoms with Crippen LogP contribution in [0, 0.1) is 11.3 Å². The number of anilines is 2. The molecule has 3 aromatic rings. The molecule has 29 heavy (non-hydrogen) atoms. The second-order valence-electron chi connectivity index (χ2n) is 6.23. The van der Waals surface area contributed by atoms with Crippen LogP contribution < -0.4 is 4.90 Å². The Hall–Kier alpha value is -3.50. The van der Waals surface area contributed by atoms with Crippen LogP contribution in [0.4, 0.5) is 10.8 Å². The molecule has 0 radical (unpaired) electrons. The van der Waals surface area contributed by atoms with Gasteiger partial charge in [0.2, 0.25) is 5.91 Å². The summed E-state index contributed by atoms with van der Waals surface area (Å²) < 4.78 is 5.31. The summed E-state index contributed by atoms with van der Waals surface area (Å²) in [7, 11) is 0. The van der Waals surface area contributed by atoms with Crippen LogP contribution in [0.15, 0.2) is 53.9 Å². The van der Waals surface area contributed by atoms with Crippen molar-refractivity contribution in [2.45, 2.75) is 26.9 Å². The molecule has 0 atom stereocenters. The average Bonchev–Trinajstić information content (AvgIpc) is 3.20. The maximum Gasteiger partial charge on any atom is 0.338 e. The Kier molecular flexibility index (Phi) is 6.37. The zero-order valence-electron chi connectivity index (χ0n) is 16.1. The first-order valence-corrected chi connectivity index (χ1v) is 9.91. The Labute approximate surface area is 173 Å². The molecule has 0 N–H and O–H groups in total. The number of carbonyl (C=O) groups excluding carboxylic acids is 2. The fourth-order valence-electron chi connectivity index (χ4n) is 2.84. The maximum atomic E-state index is 12.3. The Balaban J connectivity index is 1.76. The summed E-state index contributed by atoms with van der Waals surface area (Å²) in [4.78, 5) is 30.6. The number of amides is 1. The summed E-state index contributed by atoms with van der Waals surface area (Å²) in [6, 6.07) is 16.0. The van der Waals surface area contributed by atoms with E-state index in [4.69, 9.17) is 10.00 Å². The van der Waals surface area contributed by atoms with Crippen molar-refractivity contribution in [3.8, 4) is 6.07 Å². The number of nitrogens with zero attached hydrogens (tertiary/aromatic N) is 3. The summed E-state index contributed by atoms with van der Waals surface area (Å²) in [6.45, 7) is 3.51. The molecule has 7 heteroatoms. The third kappa shape index (κ3) is 4.68. The molecule has 0 bridgehead atoms. The molecule has 0 unspecified atom stereocenters. The van der Waals surface area contributed by atoms with Crippen molar-refractivity contribution in [1.82, 2.24) is 4.98 Å². The number of para-hydroxylation sites is 1. The van der Waals surface area contributed by atoms with E-state index < -0.39 is 5.97 Å². The van der Waals surface area contributed by atoms with E-state index in [1.54, 1.807) is 28.5 Å². The highest BCUT2D eigenvalue weighted by Gasteiger charge is 2.20. The number of carbonyl (C=O) groups is 2. The van der Waals surface area contributed by atoms with Crippen molar-refractivity contribution in [2.75, 3.05) is 4.90 Å². The molecule has 0 aliphatic heterocycles. The number of hydrogen-bond acceptors (Lipinski definition) is 6. The van der Waals surface area contributed by atoms with Gasteiger partial charge >= 0.3 is 5.97 Å². The smallest absolute Gasteiger partial charge is 0.338 e. The van der Waals surface area contributed by atoms with Gasteiger partial charge in [-0.15, -0.1) is 11.3 Å². The number of aromatic nitrogens is 1. The molecule has 2 aromatic carbocycles. The summed E-state index contributed by atoms with van der Waals surface area (Å²) in [5.41, 5.74) is 3.09. The van der Waals surface area contributed by atoms with Crippen LogP contribution in [0.2, 0.25) is 0 Å². The number of benzene rings is 2. The number of aryl methyl sites for hydroxylation is 1. The van der Waals surface area contributed by atoms with Crippen molar-refractivity contribution in [3.05, 3.63) is 76.3 Å². The fraction of sp³-hybridized carbons (Fsp3) is 0.182. The highest BCUT2D eigenvalue weighted by Crippen LogP contribution is 2.31. The predicted molar refractivity (Wildman–Crippen MR) is 111 cm³/mol. The minimum absolute atomic E-state index is 0.0206. The molecule has 146 valence electrons. The van der Waals surface area contributed by atoms with Gasteiger partial charge in [0.25, 0.3) is 0 Å². The van der Waals surface area contributed by atoms with Crippen molar-refractivity contribution in [3.63, 3.8) is 0 Å². The molecule has 0 spiro atoms. The lowest BCUT2D eigenvalue weighted by molar-refractivity contribution is -0.115. The SMILES string of the molecule is CCc1ccccc1N(C(C)=O)c1nc(COC(=O)c2cccc(C#N)c2)cs1. The Morgan fingerprint density at radius 1 is 1.21 bits per heavy atom. The predicted octanol–water partition coefficient (Wildman–Crippen LogP) is 4.62. The topological polar surface area (TPSA) is 83.3 Å². The first-order valence-electron chi connectivity index (χ1n) is 9.03. The third-order valence-electron chi connectivity index (χ3n) is 4.24. The highest BCUT2D eigenvalue weighted by atomic mass is 32.1. The van der Waals surface area contributed by atoms with Gasteiger partial charge in [-0.2, -0.15) is 5.26 Å². The number of ether oxygens (including phenoxy) is 1. The Morgan fingerprint density at radius 3 is 2.72 bits per heavy atom. The van der Waals surface area contributed by atoms with Gasteiger partial charge < -0.3 is 4.74 Å². The minimum atomic E-state index is -0.531. The molecule has 0 aliphatic carbocycles. The maximum absolute atomic E-state index is 12.3. The van der Waals surface area contributed by atoms with E-state index in [0.717, 1.165) is 17.7 Å². The van der Waals surface area contributed by atoms with E-state index in [1.165, 1.54) is 24.3 Å². The molecule has 6 nitrogen and oxygen atoms in total. The van der Waals surface area contributed by atoms with E-state index >= 15 is 0 Å². The number of rotatable bonds is 6. The van der Waals surface area contributed by atoms with Crippen LogP contribution in [0.3, 0.4) is 0 Å². The molecular formula is C22H19N3O3S. The fourth-order valence-corrected chi connectivity index (χ4v) is 3.70. The molecule has 0 saturated heterocycles. The average molecular weight is 405 g/mol. The Morgan fingerprint density at radius 2 is 2.00 bits per heavy atom. The van der Waals surface area contributed by atoms with Gasteiger partial charge in [0.15, 0.2) is 5.13 Å². The molecule has 0 aliphatic rings. The minimum Gasteiger partial charge on any atom is -0.456 e. The summed E-state index contributed by atoms with van der Waals surface area (Å²) >= 11 is 1.31. The van der Waals surface area contributed by atoms with E-state index in [1.807, 2.05) is 37.3 Å². The zero-order valence-corrected chi connectivity index (χ0v) is 16.9. The molecule has 1 heterocycles. The van der Waals surface area contributed by atoms with Crippen molar-refractivity contribution in [2.24, 2.45) is 0 Å². The number of esters is 1. The largest absolute Gasteiger partial charge is 0.456 e. The van der Waals surface area contributed by atoms with Gasteiger partial charge in [-0.05, 0) is 36.2 Å². The van der Waals surface area contributed by atoms with Gasteiger partial charge in [-0.25, -0.2) is 9.78 Å². The normalized spacial score (nSPS) is 10.2. The summed E-state index contributed by atoms with van der Waals surface area (Å²) in [5, 5.41) is 11.2. The lowest BCUT2D eigenvalue weighted by Gasteiger charge is -2.20. The highest BCUT2D eigenvalue weighted by molar-refractivity contribution is 7.14. The van der Waals surface area contributed by atoms with E-state index in [0.29, 0.717) is 22.0 Å². The van der Waals surface area contributed by atoms with E-state index in [2.05, 4.69) is 4.98 Å². The quantitative estimate of drug-likeness (QED) is 0.559. The molecular weight excluding hydrogens is 386 g/mol. The van der Waals surface area contributed by atoms with Crippen LogP contribution in [0.25, 0.3) is 0 Å². The van der Waals surface area contributed by atoms with Gasteiger partial charge in [0.1, 0.15) is 6.61 Å². The molecule has 3 rings (SSSR count). The molecule has 1 amide bonds. The number of nitriles is 1. The molecule has 0 saturated carbocycles. The zero-order chi connectivity index (χ0) is 20.8. The summed E-state index contributed by atoms with van der Waals surface area (Å²) in [5.74, 6) is -0.673. The van der Waals surface area contributed by atoms with Crippen LogP contribution in [-0.4, -0.2) is 16.9 Å². The monoisotopic (exact) mass is 405 g/mol. The lowest BCUT2D eigenvalue weighted by atomic mass is 10.1. The van der Waals surface area contributed by atoms with Gasteiger partial charge in [0, 0.05) is 12.3 Å². The Bertz CT molecular complexity index is 1080. The first kappa shape index (κ1) is 20.2. The second-order valence-corrected chi connectivity index (χ2v) is 7.06. The standard InChI is InChI=1S/C22H19N3O3S/c1-3-17-8-4-5-10-20(17)25(15(2)26)22-24-19(14-29-22)13-28-21(27)18-9-6-7-16(11-18)12-23/h4-11,14H,3,13H2,1-2H3. The summed E-state index contributed by atoms with van der Waals surface area (Å²) in [6.07, 6.45) is 0.789. The second kappa shape index (κ2) is 9.13. The number of thiazole rings is 1. The van der Waals surface area contributed by atoms with Crippen LogP contribution in [0.5, 0.6) is 0 Å². The van der Waals surface area contributed by atoms with Crippen LogP contribution >= 0.6 is 11.3 Å². The molecule has 1 aromatic heterocycles. The van der Waals surface area contributed by atoms with Crippen LogP contribution in [0.1, 0.15) is 41.0 Å². The van der Waals surface area contributed by atoms with Crippen molar-refractivity contribution >= 4 is 34.0 Å². The first-order chi connectivity index (χ1) is 14.0. The van der Waals surface area contributed by atoms with E-state index in [9.17, 15) is 9.59 Å². The van der Waals surface area contributed by atoms with E-state index in [-0.39, 0.29) is 12.5 Å². The van der Waals surface area contributed by atoms with Crippen molar-refractivity contribution in [1.29, 1.82) is 5.26 Å². The van der Waals surface area contributed by atoms with Gasteiger partial charge in [-0.3, -0.25) is 9.69 Å².